The number of pyridine rings is 1. The van der Waals surface area contributed by atoms with Crippen molar-refractivity contribution in [2.24, 2.45) is 0 Å². The van der Waals surface area contributed by atoms with Gasteiger partial charge in [0.1, 0.15) is 0 Å². The first-order chi connectivity index (χ1) is 9.83. The number of aromatic nitrogens is 2. The van der Waals surface area contributed by atoms with Crippen LogP contribution < -0.4 is 5.73 Å². The molecule has 2 rings (SSSR count). The van der Waals surface area contributed by atoms with Crippen molar-refractivity contribution in [1.29, 1.82) is 0 Å². The first-order valence-corrected chi connectivity index (χ1v) is 7.47. The Morgan fingerprint density at radius 3 is 2.70 bits per heavy atom. The lowest BCUT2D eigenvalue weighted by Crippen LogP contribution is -1.92. The average Bonchev–Trinajstić information content (AvgIpc) is 2.84. The fourth-order valence-electron chi connectivity index (χ4n) is 2.40. The van der Waals surface area contributed by atoms with Gasteiger partial charge in [-0.25, -0.2) is 0 Å². The Labute approximate surface area is 120 Å². The molecule has 0 aliphatic rings. The van der Waals surface area contributed by atoms with Gasteiger partial charge in [0.25, 0.3) is 0 Å². The number of nitrogens with zero attached hydrogens (tertiary/aromatic N) is 2. The van der Waals surface area contributed by atoms with Crippen molar-refractivity contribution in [2.45, 2.75) is 51.9 Å². The Kier molecular flexibility index (Phi) is 5.59. The van der Waals surface area contributed by atoms with Gasteiger partial charge in [-0.05, 0) is 18.9 Å². The molecule has 0 atom stereocenters. The van der Waals surface area contributed by atoms with E-state index in [4.69, 9.17) is 10.3 Å². The summed E-state index contributed by atoms with van der Waals surface area (Å²) >= 11 is 0. The average molecular weight is 273 g/mol. The van der Waals surface area contributed by atoms with Crippen molar-refractivity contribution in [1.82, 2.24) is 10.1 Å². The quantitative estimate of drug-likeness (QED) is 0.731. The largest absolute Gasteiger partial charge is 0.367 e. The molecule has 0 unspecified atom stereocenters. The molecule has 2 heterocycles. The number of rotatable bonds is 8. The second kappa shape index (κ2) is 7.68. The molecule has 0 spiro atoms. The van der Waals surface area contributed by atoms with E-state index in [0.717, 1.165) is 29.7 Å². The number of unbranched alkanes of at least 4 members (excludes halogenated alkanes) is 5. The molecular weight excluding hydrogens is 250 g/mol. The molecule has 0 radical (unpaired) electrons. The minimum Gasteiger partial charge on any atom is -0.367 e. The van der Waals surface area contributed by atoms with Gasteiger partial charge in [-0.1, -0.05) is 50.3 Å². The Bertz CT molecular complexity index is 508. The lowest BCUT2D eigenvalue weighted by atomic mass is 10.0. The SMILES string of the molecule is CCCCCCCCc1noc(N)c1-c1cccnc1. The molecule has 20 heavy (non-hydrogen) atoms. The van der Waals surface area contributed by atoms with E-state index >= 15 is 0 Å². The van der Waals surface area contributed by atoms with Crippen LogP contribution in [0, 0.1) is 0 Å². The van der Waals surface area contributed by atoms with Crippen LogP contribution >= 0.6 is 0 Å². The summed E-state index contributed by atoms with van der Waals surface area (Å²) in [5, 5.41) is 4.10. The standard InChI is InChI=1S/C16H23N3O/c1-2-3-4-5-6-7-10-14-15(16(17)20-19-14)13-9-8-11-18-12-13/h8-9,11-12H,2-7,10,17H2,1H3. The van der Waals surface area contributed by atoms with Crippen molar-refractivity contribution in [3.63, 3.8) is 0 Å². The summed E-state index contributed by atoms with van der Waals surface area (Å²) < 4.78 is 5.15. The summed E-state index contributed by atoms with van der Waals surface area (Å²) in [6.07, 6.45) is 12.1. The Balaban J connectivity index is 1.93. The number of nitrogen functional groups attached to an aromatic ring is 1. The highest BCUT2D eigenvalue weighted by molar-refractivity contribution is 5.74. The minimum absolute atomic E-state index is 0.388. The van der Waals surface area contributed by atoms with Crippen LogP contribution in [0.15, 0.2) is 29.0 Å². The number of hydrogen-bond donors (Lipinski definition) is 1. The minimum atomic E-state index is 0.388. The van der Waals surface area contributed by atoms with E-state index in [1.165, 1.54) is 32.1 Å². The van der Waals surface area contributed by atoms with Crippen LogP contribution in [0.3, 0.4) is 0 Å². The summed E-state index contributed by atoms with van der Waals surface area (Å²) in [7, 11) is 0. The molecule has 0 saturated carbocycles. The van der Waals surface area contributed by atoms with Crippen LogP contribution in [-0.4, -0.2) is 10.1 Å². The molecule has 4 nitrogen and oxygen atoms in total. The van der Waals surface area contributed by atoms with Gasteiger partial charge in [0, 0.05) is 18.0 Å². The van der Waals surface area contributed by atoms with Gasteiger partial charge >= 0.3 is 0 Å². The van der Waals surface area contributed by atoms with Crippen molar-refractivity contribution >= 4 is 5.88 Å². The smallest absolute Gasteiger partial charge is 0.230 e. The van der Waals surface area contributed by atoms with E-state index in [9.17, 15) is 0 Å². The van der Waals surface area contributed by atoms with E-state index < -0.39 is 0 Å². The fraction of sp³-hybridized carbons (Fsp3) is 0.500. The third kappa shape index (κ3) is 3.83. The Morgan fingerprint density at radius 2 is 1.95 bits per heavy atom. The van der Waals surface area contributed by atoms with Gasteiger partial charge in [-0.15, -0.1) is 0 Å². The lowest BCUT2D eigenvalue weighted by Gasteiger charge is -2.02. The van der Waals surface area contributed by atoms with Crippen LogP contribution in [0.4, 0.5) is 5.88 Å². The number of aryl methyl sites for hydroxylation is 1. The highest BCUT2D eigenvalue weighted by Gasteiger charge is 2.15. The molecule has 2 aromatic heterocycles. The zero-order valence-electron chi connectivity index (χ0n) is 12.1. The van der Waals surface area contributed by atoms with Crippen molar-refractivity contribution < 1.29 is 4.52 Å². The maximum absolute atomic E-state index is 5.89. The van der Waals surface area contributed by atoms with E-state index in [2.05, 4.69) is 17.1 Å². The first-order valence-electron chi connectivity index (χ1n) is 7.47. The predicted octanol–water partition coefficient (Wildman–Crippen LogP) is 4.22. The molecule has 0 aliphatic carbocycles. The molecule has 0 bridgehead atoms. The number of anilines is 1. The summed E-state index contributed by atoms with van der Waals surface area (Å²) in [6.45, 7) is 2.23. The molecule has 4 heteroatoms. The molecule has 2 aromatic rings. The summed E-state index contributed by atoms with van der Waals surface area (Å²) in [5.41, 5.74) is 8.72. The maximum Gasteiger partial charge on any atom is 0.230 e. The maximum atomic E-state index is 5.89. The van der Waals surface area contributed by atoms with Crippen LogP contribution in [0.2, 0.25) is 0 Å². The van der Waals surface area contributed by atoms with Crippen molar-refractivity contribution in [3.8, 4) is 11.1 Å². The third-order valence-corrected chi connectivity index (χ3v) is 3.51. The molecule has 0 amide bonds. The molecule has 2 N–H and O–H groups in total. The van der Waals surface area contributed by atoms with E-state index in [1.807, 2.05) is 12.1 Å². The topological polar surface area (TPSA) is 64.9 Å². The molecule has 0 saturated heterocycles. The molecular formula is C16H23N3O. The van der Waals surface area contributed by atoms with Gasteiger partial charge in [-0.2, -0.15) is 0 Å². The van der Waals surface area contributed by atoms with Crippen LogP contribution in [0.5, 0.6) is 0 Å². The van der Waals surface area contributed by atoms with Crippen LogP contribution in [-0.2, 0) is 6.42 Å². The highest BCUT2D eigenvalue weighted by atomic mass is 16.5. The second-order valence-corrected chi connectivity index (χ2v) is 5.13. The van der Waals surface area contributed by atoms with Gasteiger partial charge in [-0.3, -0.25) is 4.98 Å². The monoisotopic (exact) mass is 273 g/mol. The summed E-state index contributed by atoms with van der Waals surface area (Å²) in [5.74, 6) is 0.388. The van der Waals surface area contributed by atoms with Crippen LogP contribution in [0.25, 0.3) is 11.1 Å². The van der Waals surface area contributed by atoms with Crippen molar-refractivity contribution in [2.75, 3.05) is 5.73 Å². The lowest BCUT2D eigenvalue weighted by molar-refractivity contribution is 0.425. The third-order valence-electron chi connectivity index (χ3n) is 3.51. The van der Waals surface area contributed by atoms with E-state index in [0.29, 0.717) is 5.88 Å². The first kappa shape index (κ1) is 14.6. The Morgan fingerprint density at radius 1 is 1.15 bits per heavy atom. The Hall–Kier alpha value is -1.84. The van der Waals surface area contributed by atoms with Gasteiger partial charge < -0.3 is 10.3 Å². The molecule has 108 valence electrons. The van der Waals surface area contributed by atoms with Crippen molar-refractivity contribution in [3.05, 3.63) is 30.2 Å². The molecule has 0 aliphatic heterocycles. The fourth-order valence-corrected chi connectivity index (χ4v) is 2.40. The normalized spacial score (nSPS) is 10.8. The molecule has 0 fully saturated rings. The number of hydrogen-bond acceptors (Lipinski definition) is 4. The van der Waals surface area contributed by atoms with E-state index in [-0.39, 0.29) is 0 Å². The predicted molar refractivity (Wildman–Crippen MR) is 81.2 cm³/mol. The summed E-state index contributed by atoms with van der Waals surface area (Å²) in [4.78, 5) is 4.13. The zero-order chi connectivity index (χ0) is 14.2. The molecule has 0 aromatic carbocycles. The van der Waals surface area contributed by atoms with Gasteiger partial charge in [0.2, 0.25) is 5.88 Å². The summed E-state index contributed by atoms with van der Waals surface area (Å²) in [6, 6.07) is 3.89. The van der Waals surface area contributed by atoms with Gasteiger partial charge in [0.05, 0.1) is 11.3 Å². The number of nitrogens with two attached hydrogens (primary N) is 1. The highest BCUT2D eigenvalue weighted by Crippen LogP contribution is 2.30. The van der Waals surface area contributed by atoms with Crippen LogP contribution in [0.1, 0.15) is 51.1 Å². The van der Waals surface area contributed by atoms with Gasteiger partial charge in [0.15, 0.2) is 0 Å². The zero-order valence-corrected chi connectivity index (χ0v) is 12.1. The second-order valence-electron chi connectivity index (χ2n) is 5.13. The van der Waals surface area contributed by atoms with E-state index in [1.54, 1.807) is 12.4 Å².